The van der Waals surface area contributed by atoms with E-state index in [0.717, 1.165) is 0 Å². The van der Waals surface area contributed by atoms with E-state index in [9.17, 15) is 19.2 Å². The zero-order valence-corrected chi connectivity index (χ0v) is 18.6. The topological polar surface area (TPSA) is 111 Å². The Kier molecular flexibility index (Phi) is 9.69. The van der Waals surface area contributed by atoms with Crippen LogP contribution in [-0.4, -0.2) is 37.0 Å². The number of rotatable bonds is 10. The largest absolute Gasteiger partial charge is 0.462 e. The van der Waals surface area contributed by atoms with Crippen molar-refractivity contribution in [3.63, 3.8) is 0 Å². The van der Waals surface area contributed by atoms with Gasteiger partial charge in [-0.1, -0.05) is 31.5 Å². The molecule has 0 aliphatic heterocycles. The molecule has 0 saturated heterocycles. The summed E-state index contributed by atoms with van der Waals surface area (Å²) in [6, 6.07) is 12.8. The van der Waals surface area contributed by atoms with E-state index in [1.807, 2.05) is 13.8 Å². The van der Waals surface area contributed by atoms with Crippen molar-refractivity contribution in [1.29, 1.82) is 0 Å². The van der Waals surface area contributed by atoms with Gasteiger partial charge in [-0.25, -0.2) is 4.79 Å². The number of amides is 2. The number of hydrogen-bond acceptors (Lipinski definition) is 6. The van der Waals surface area contributed by atoms with Gasteiger partial charge in [0.25, 0.3) is 5.91 Å². The minimum absolute atomic E-state index is 0.139. The number of carbonyl (C=O) groups is 4. The summed E-state index contributed by atoms with van der Waals surface area (Å²) in [6.07, 6.45) is -0.337. The van der Waals surface area contributed by atoms with Gasteiger partial charge in [-0.15, -0.1) is 0 Å². The van der Waals surface area contributed by atoms with E-state index in [2.05, 4.69) is 10.6 Å². The third kappa shape index (κ3) is 9.18. The highest BCUT2D eigenvalue weighted by Crippen LogP contribution is 2.14. The zero-order valence-electron chi connectivity index (χ0n) is 17.9. The first-order chi connectivity index (χ1) is 15.2. The lowest BCUT2D eigenvalue weighted by Crippen LogP contribution is -2.21. The quantitative estimate of drug-likeness (QED) is 0.517. The molecule has 0 aliphatic carbocycles. The summed E-state index contributed by atoms with van der Waals surface area (Å²) in [5.74, 6) is -1.88. The molecule has 32 heavy (non-hydrogen) atoms. The third-order valence-electron chi connectivity index (χ3n) is 3.98. The number of anilines is 2. The molecule has 8 nitrogen and oxygen atoms in total. The number of nitrogens with one attached hydrogen (secondary N) is 2. The standard InChI is InChI=1S/C23H25ClN2O6/c1-15(2)13-32-23(30)16-4-3-5-19(12-16)26-20(27)10-11-22(29)31-14-21(28)25-18-8-6-17(24)7-9-18/h3-9,12,15H,10-11,13-14H2,1-2H3,(H,25,28)(H,26,27). The number of hydrogen-bond donors (Lipinski definition) is 2. The first-order valence-electron chi connectivity index (χ1n) is 10.0. The van der Waals surface area contributed by atoms with Crippen LogP contribution in [0.4, 0.5) is 11.4 Å². The lowest BCUT2D eigenvalue weighted by Gasteiger charge is -2.09. The fourth-order valence-electron chi connectivity index (χ4n) is 2.44. The van der Waals surface area contributed by atoms with Crippen molar-refractivity contribution in [2.45, 2.75) is 26.7 Å². The molecule has 0 unspecified atom stereocenters. The predicted molar refractivity (Wildman–Crippen MR) is 120 cm³/mol. The van der Waals surface area contributed by atoms with Gasteiger partial charge in [0.15, 0.2) is 6.61 Å². The van der Waals surface area contributed by atoms with Crippen LogP contribution in [0.3, 0.4) is 0 Å². The molecule has 0 bridgehead atoms. The smallest absolute Gasteiger partial charge is 0.338 e. The van der Waals surface area contributed by atoms with Gasteiger partial charge in [-0.05, 0) is 48.4 Å². The summed E-state index contributed by atoms with van der Waals surface area (Å²) in [5, 5.41) is 5.71. The Morgan fingerprint density at radius 1 is 0.875 bits per heavy atom. The summed E-state index contributed by atoms with van der Waals surface area (Å²) in [6.45, 7) is 3.70. The Labute approximate surface area is 191 Å². The lowest BCUT2D eigenvalue weighted by atomic mass is 10.2. The van der Waals surface area contributed by atoms with Crippen molar-refractivity contribution in [2.75, 3.05) is 23.8 Å². The van der Waals surface area contributed by atoms with E-state index < -0.39 is 30.4 Å². The fraction of sp³-hybridized carbons (Fsp3) is 0.304. The van der Waals surface area contributed by atoms with Crippen LogP contribution in [0.2, 0.25) is 5.02 Å². The zero-order chi connectivity index (χ0) is 23.5. The summed E-state index contributed by atoms with van der Waals surface area (Å²) in [4.78, 5) is 47.7. The second-order valence-electron chi connectivity index (χ2n) is 7.34. The molecular formula is C23H25ClN2O6. The second kappa shape index (κ2) is 12.5. The molecule has 2 amide bonds. The van der Waals surface area contributed by atoms with Crippen molar-refractivity contribution in [1.82, 2.24) is 0 Å². The maximum absolute atomic E-state index is 12.1. The maximum atomic E-state index is 12.1. The highest BCUT2D eigenvalue weighted by Gasteiger charge is 2.13. The van der Waals surface area contributed by atoms with Gasteiger partial charge in [0.05, 0.1) is 18.6 Å². The molecule has 2 aromatic rings. The predicted octanol–water partition coefficient (Wildman–Crippen LogP) is 4.05. The average Bonchev–Trinajstić information content (AvgIpc) is 2.76. The first kappa shape index (κ1) is 24.9. The van der Waals surface area contributed by atoms with Crippen molar-refractivity contribution < 1.29 is 28.7 Å². The van der Waals surface area contributed by atoms with Crippen molar-refractivity contribution in [3.8, 4) is 0 Å². The summed E-state index contributed by atoms with van der Waals surface area (Å²) < 4.78 is 10.0. The van der Waals surface area contributed by atoms with Gasteiger partial charge in [0.2, 0.25) is 5.91 Å². The number of ether oxygens (including phenoxy) is 2. The SMILES string of the molecule is CC(C)COC(=O)c1cccc(NC(=O)CCC(=O)OCC(=O)Nc2ccc(Cl)cc2)c1. The van der Waals surface area contributed by atoms with E-state index >= 15 is 0 Å². The van der Waals surface area contributed by atoms with Crippen LogP contribution < -0.4 is 10.6 Å². The van der Waals surface area contributed by atoms with Crippen LogP contribution >= 0.6 is 11.6 Å². The molecule has 9 heteroatoms. The second-order valence-corrected chi connectivity index (χ2v) is 7.77. The molecule has 0 fully saturated rings. The number of esters is 2. The van der Waals surface area contributed by atoms with Crippen LogP contribution in [0.25, 0.3) is 0 Å². The number of benzene rings is 2. The molecule has 0 spiro atoms. The van der Waals surface area contributed by atoms with Crippen molar-refractivity contribution in [3.05, 3.63) is 59.1 Å². The monoisotopic (exact) mass is 460 g/mol. The fourth-order valence-corrected chi connectivity index (χ4v) is 2.56. The molecule has 2 rings (SSSR count). The molecule has 0 aromatic heterocycles. The molecular weight excluding hydrogens is 436 g/mol. The van der Waals surface area contributed by atoms with Crippen LogP contribution in [0.15, 0.2) is 48.5 Å². The highest BCUT2D eigenvalue weighted by molar-refractivity contribution is 6.30. The molecule has 0 heterocycles. The first-order valence-corrected chi connectivity index (χ1v) is 10.4. The third-order valence-corrected chi connectivity index (χ3v) is 4.23. The summed E-state index contributed by atoms with van der Waals surface area (Å²) in [7, 11) is 0. The van der Waals surface area contributed by atoms with Crippen molar-refractivity contribution in [2.24, 2.45) is 5.92 Å². The molecule has 2 N–H and O–H groups in total. The van der Waals surface area contributed by atoms with Crippen LogP contribution in [0, 0.1) is 5.92 Å². The molecule has 0 saturated carbocycles. The Balaban J connectivity index is 1.72. The van der Waals surface area contributed by atoms with E-state index in [-0.39, 0.29) is 18.8 Å². The van der Waals surface area contributed by atoms with E-state index in [1.165, 1.54) is 6.07 Å². The Bertz CT molecular complexity index is 959. The van der Waals surface area contributed by atoms with Crippen LogP contribution in [-0.2, 0) is 23.9 Å². The van der Waals surface area contributed by atoms with E-state index in [0.29, 0.717) is 28.6 Å². The highest BCUT2D eigenvalue weighted by atomic mass is 35.5. The van der Waals surface area contributed by atoms with E-state index in [4.69, 9.17) is 21.1 Å². The summed E-state index contributed by atoms with van der Waals surface area (Å²) >= 11 is 5.77. The Morgan fingerprint density at radius 3 is 2.25 bits per heavy atom. The normalized spacial score (nSPS) is 10.4. The van der Waals surface area contributed by atoms with Gasteiger partial charge in [0.1, 0.15) is 0 Å². The minimum Gasteiger partial charge on any atom is -0.462 e. The summed E-state index contributed by atoms with van der Waals surface area (Å²) in [5.41, 5.74) is 1.24. The van der Waals surface area contributed by atoms with Crippen LogP contribution in [0.1, 0.15) is 37.0 Å². The minimum atomic E-state index is -0.683. The van der Waals surface area contributed by atoms with Gasteiger partial charge >= 0.3 is 11.9 Å². The van der Waals surface area contributed by atoms with Gasteiger partial charge in [0, 0.05) is 22.8 Å². The molecule has 2 aromatic carbocycles. The molecule has 0 aliphatic rings. The lowest BCUT2D eigenvalue weighted by molar-refractivity contribution is -0.147. The average molecular weight is 461 g/mol. The van der Waals surface area contributed by atoms with Gasteiger partial charge in [-0.3, -0.25) is 14.4 Å². The molecule has 170 valence electrons. The molecule has 0 atom stereocenters. The molecule has 0 radical (unpaired) electrons. The maximum Gasteiger partial charge on any atom is 0.338 e. The van der Waals surface area contributed by atoms with Crippen LogP contribution in [0.5, 0.6) is 0 Å². The van der Waals surface area contributed by atoms with E-state index in [1.54, 1.807) is 42.5 Å². The Morgan fingerprint density at radius 2 is 1.56 bits per heavy atom. The van der Waals surface area contributed by atoms with Gasteiger partial charge in [-0.2, -0.15) is 0 Å². The number of carbonyl (C=O) groups excluding carboxylic acids is 4. The number of halogens is 1. The van der Waals surface area contributed by atoms with Crippen molar-refractivity contribution >= 4 is 46.7 Å². The Hall–Kier alpha value is -3.39. The van der Waals surface area contributed by atoms with Gasteiger partial charge < -0.3 is 20.1 Å².